The van der Waals surface area contributed by atoms with Crippen LogP contribution < -0.4 is 5.32 Å². The van der Waals surface area contributed by atoms with Crippen LogP contribution in [0.3, 0.4) is 0 Å². The van der Waals surface area contributed by atoms with Gasteiger partial charge in [-0.2, -0.15) is 0 Å². The van der Waals surface area contributed by atoms with Crippen LogP contribution in [0, 0.1) is 5.41 Å². The molecule has 2 heteroatoms. The van der Waals surface area contributed by atoms with E-state index in [9.17, 15) is 0 Å². The van der Waals surface area contributed by atoms with Crippen LogP contribution in [-0.4, -0.2) is 10.6 Å². The Bertz CT molecular complexity index is 170. The van der Waals surface area contributed by atoms with E-state index >= 15 is 0 Å². The molecule has 68 valence electrons. The quantitative estimate of drug-likeness (QED) is 0.714. The summed E-state index contributed by atoms with van der Waals surface area (Å²) in [6.45, 7) is 1.28. The van der Waals surface area contributed by atoms with E-state index in [0.29, 0.717) is 0 Å². The first-order valence-electron chi connectivity index (χ1n) is 5.08. The summed E-state index contributed by atoms with van der Waals surface area (Å²) in [5.41, 5.74) is 0.719. The second-order valence-corrected chi connectivity index (χ2v) is 6.11. The third-order valence-electron chi connectivity index (χ3n) is 3.46. The Hall–Kier alpha value is 0.518. The van der Waals surface area contributed by atoms with Gasteiger partial charge in [0, 0.05) is 0 Å². The van der Waals surface area contributed by atoms with Gasteiger partial charge in [0.2, 0.25) is 0 Å². The van der Waals surface area contributed by atoms with Gasteiger partial charge in [-0.3, -0.25) is 0 Å². The Morgan fingerprint density at radius 1 is 1.08 bits per heavy atom. The van der Waals surface area contributed by atoms with Crippen LogP contribution in [0.5, 0.6) is 0 Å². The molecule has 12 heavy (non-hydrogen) atoms. The normalized spacial score (nSPS) is 29.2. The zero-order valence-electron chi connectivity index (χ0n) is 7.57. The topological polar surface area (TPSA) is 12.0 Å². The first kappa shape index (κ1) is 9.09. The van der Waals surface area contributed by atoms with Gasteiger partial charge in [-0.1, -0.05) is 0 Å². The Balaban J connectivity index is 1.96. The maximum absolute atomic E-state index is 3.60. The molecule has 1 heterocycles. The predicted molar refractivity (Wildman–Crippen MR) is 47.8 cm³/mol. The second kappa shape index (κ2) is 3.72. The van der Waals surface area contributed by atoms with Crippen molar-refractivity contribution in [2.45, 2.75) is 44.9 Å². The van der Waals surface area contributed by atoms with E-state index in [1.54, 1.807) is 23.4 Å². The van der Waals surface area contributed by atoms with E-state index in [1.165, 1.54) is 51.5 Å². The minimum atomic E-state index is 0.719. The van der Waals surface area contributed by atoms with Crippen molar-refractivity contribution in [2.75, 3.05) is 6.54 Å². The Morgan fingerprint density at radius 3 is 2.42 bits per heavy atom. The van der Waals surface area contributed by atoms with E-state index < -0.39 is 0 Å². The summed E-state index contributed by atoms with van der Waals surface area (Å²) in [4.78, 5) is 0. The molecule has 1 N–H and O–H groups in total. The summed E-state index contributed by atoms with van der Waals surface area (Å²) in [5.74, 6) is 0. The first-order valence-corrected chi connectivity index (χ1v) is 6.54. The van der Waals surface area contributed by atoms with Crippen molar-refractivity contribution in [1.82, 2.24) is 5.32 Å². The van der Waals surface area contributed by atoms with Crippen molar-refractivity contribution in [1.29, 1.82) is 0 Å². The third kappa shape index (κ3) is 1.88. The van der Waals surface area contributed by atoms with E-state index in [2.05, 4.69) is 5.32 Å². The third-order valence-corrected chi connectivity index (χ3v) is 4.71. The molecule has 1 nitrogen and oxygen atoms in total. The standard InChI is InChI=1S/C10H17N.W/c1-2-5-10(6-3-1)7-4-8-11-9-10;/h11H,1-7,9H2;. The average Bonchev–Trinajstić information content (AvgIpc) is 2.13. The van der Waals surface area contributed by atoms with Crippen molar-refractivity contribution in [3.8, 4) is 0 Å². The van der Waals surface area contributed by atoms with Gasteiger partial charge in [-0.15, -0.1) is 0 Å². The van der Waals surface area contributed by atoms with Crippen molar-refractivity contribution < 1.29 is 19.4 Å². The van der Waals surface area contributed by atoms with Gasteiger partial charge >= 0.3 is 85.6 Å². The maximum atomic E-state index is 3.60. The molecule has 0 bridgehead atoms. The van der Waals surface area contributed by atoms with Gasteiger partial charge < -0.3 is 0 Å². The van der Waals surface area contributed by atoms with Crippen molar-refractivity contribution in [3.63, 3.8) is 0 Å². The van der Waals surface area contributed by atoms with Gasteiger partial charge in [0.25, 0.3) is 0 Å². The Kier molecular flexibility index (Phi) is 2.81. The van der Waals surface area contributed by atoms with E-state index in [-0.39, 0.29) is 0 Å². The van der Waals surface area contributed by atoms with Gasteiger partial charge in [0.1, 0.15) is 0 Å². The average molecular weight is 335 g/mol. The summed E-state index contributed by atoms with van der Waals surface area (Å²) in [6, 6.07) is 0. The predicted octanol–water partition coefficient (Wildman–Crippen LogP) is 2.00. The van der Waals surface area contributed by atoms with Crippen LogP contribution in [0.25, 0.3) is 0 Å². The monoisotopic (exact) mass is 335 g/mol. The molecule has 2 rings (SSSR count). The van der Waals surface area contributed by atoms with E-state index in [4.69, 9.17) is 0 Å². The number of piperidine rings is 1. The fourth-order valence-electron chi connectivity index (χ4n) is 2.57. The SMILES string of the molecule is [W]=[C]1CCC2(CCCCC2)CN1. The fraction of sp³-hybridized carbons (Fsp3) is 0.900. The van der Waals surface area contributed by atoms with Crippen molar-refractivity contribution in [3.05, 3.63) is 0 Å². The summed E-state index contributed by atoms with van der Waals surface area (Å²) >= 11 is 1.65. The Labute approximate surface area is 85.7 Å². The number of hydrogen-bond donors (Lipinski definition) is 1. The van der Waals surface area contributed by atoms with Crippen LogP contribution in [-0.2, 0) is 19.4 Å². The van der Waals surface area contributed by atoms with Crippen LogP contribution >= 0.6 is 0 Å². The molecular weight excluding hydrogens is 318 g/mol. The molecule has 0 aromatic heterocycles. The molecule has 2 fully saturated rings. The zero-order chi connectivity index (χ0) is 8.44. The molecule has 0 unspecified atom stereocenters. The van der Waals surface area contributed by atoms with Gasteiger partial charge in [-0.25, -0.2) is 0 Å². The molecule has 0 amide bonds. The summed E-state index contributed by atoms with van der Waals surface area (Å²) in [5, 5.41) is 3.60. The van der Waals surface area contributed by atoms with Crippen LogP contribution in [0.1, 0.15) is 44.9 Å². The second-order valence-electron chi connectivity index (χ2n) is 4.34. The minimum absolute atomic E-state index is 0.719. The molecule has 1 saturated carbocycles. The zero-order valence-corrected chi connectivity index (χ0v) is 10.5. The molecule has 2 aliphatic rings. The van der Waals surface area contributed by atoms with Crippen molar-refractivity contribution in [2.24, 2.45) is 5.41 Å². The Morgan fingerprint density at radius 2 is 1.83 bits per heavy atom. The molecule has 1 saturated heterocycles. The number of hydrogen-bond acceptors (Lipinski definition) is 1. The first-order chi connectivity index (χ1) is 5.81. The summed E-state index contributed by atoms with van der Waals surface area (Å²) in [6.07, 6.45) is 10.2. The number of rotatable bonds is 0. The molecule has 1 aliphatic heterocycles. The fourth-order valence-corrected chi connectivity index (χ4v) is 3.20. The molecule has 0 aromatic carbocycles. The molecular formula is C10H17NW. The summed E-state index contributed by atoms with van der Waals surface area (Å²) in [7, 11) is 0. The van der Waals surface area contributed by atoms with Crippen molar-refractivity contribution >= 4 is 4.02 Å². The van der Waals surface area contributed by atoms with Gasteiger partial charge in [0.15, 0.2) is 0 Å². The molecule has 0 aromatic rings. The van der Waals surface area contributed by atoms with Crippen LogP contribution in [0.2, 0.25) is 0 Å². The molecule has 1 aliphatic carbocycles. The van der Waals surface area contributed by atoms with Crippen LogP contribution in [0.4, 0.5) is 0 Å². The van der Waals surface area contributed by atoms with Gasteiger partial charge in [-0.05, 0) is 0 Å². The number of nitrogens with one attached hydrogen (secondary N) is 1. The summed E-state index contributed by atoms with van der Waals surface area (Å²) < 4.78 is 1.59. The molecule has 0 atom stereocenters. The molecule has 0 radical (unpaired) electrons. The molecule has 1 spiro atoms. The van der Waals surface area contributed by atoms with E-state index in [1.807, 2.05) is 0 Å². The van der Waals surface area contributed by atoms with E-state index in [0.717, 1.165) is 5.41 Å². The van der Waals surface area contributed by atoms with Gasteiger partial charge in [0.05, 0.1) is 0 Å². The van der Waals surface area contributed by atoms with Crippen LogP contribution in [0.15, 0.2) is 0 Å².